The lowest BCUT2D eigenvalue weighted by molar-refractivity contribution is -0.132. The first kappa shape index (κ1) is 16.7. The van der Waals surface area contributed by atoms with Crippen LogP contribution in [0.15, 0.2) is 18.5 Å². The molecule has 2 aliphatic heterocycles. The molecule has 7 heteroatoms. The Balaban J connectivity index is 1.53. The molecule has 1 aromatic heterocycles. The molecule has 130 valence electrons. The SMILES string of the molecule is Cn1cc(C=CC(=O)N2C[C@H](CC(=O)N3CCCC3)[C@@H](O)C2)cn1. The molecule has 2 amide bonds. The maximum atomic E-state index is 12.3. The van der Waals surface area contributed by atoms with Crippen LogP contribution in [-0.4, -0.2) is 68.8 Å². The Bertz CT molecular complexity index is 634. The fraction of sp³-hybridized carbons (Fsp3) is 0.588. The van der Waals surface area contributed by atoms with Crippen LogP contribution in [0.3, 0.4) is 0 Å². The predicted octanol–water partition coefficient (Wildman–Crippen LogP) is 0.265. The van der Waals surface area contributed by atoms with Crippen LogP contribution in [-0.2, 0) is 16.6 Å². The van der Waals surface area contributed by atoms with Crippen LogP contribution >= 0.6 is 0 Å². The van der Waals surface area contributed by atoms with Crippen molar-refractivity contribution >= 4 is 17.9 Å². The first-order valence-corrected chi connectivity index (χ1v) is 8.44. The summed E-state index contributed by atoms with van der Waals surface area (Å²) in [5.41, 5.74) is 0.853. The van der Waals surface area contributed by atoms with Gasteiger partial charge in [-0.3, -0.25) is 14.3 Å². The van der Waals surface area contributed by atoms with Crippen LogP contribution in [0, 0.1) is 5.92 Å². The summed E-state index contributed by atoms with van der Waals surface area (Å²) in [6.07, 6.45) is 8.51. The van der Waals surface area contributed by atoms with Crippen molar-refractivity contribution in [3.8, 4) is 0 Å². The van der Waals surface area contributed by atoms with Crippen LogP contribution in [0.1, 0.15) is 24.8 Å². The van der Waals surface area contributed by atoms with Gasteiger partial charge in [-0.2, -0.15) is 5.10 Å². The Morgan fingerprint density at radius 3 is 2.71 bits per heavy atom. The first-order valence-electron chi connectivity index (χ1n) is 8.44. The number of hydrogen-bond donors (Lipinski definition) is 1. The Morgan fingerprint density at radius 1 is 1.29 bits per heavy atom. The second-order valence-corrected chi connectivity index (χ2v) is 6.64. The largest absolute Gasteiger partial charge is 0.391 e. The summed E-state index contributed by atoms with van der Waals surface area (Å²) in [5, 5.41) is 14.2. The number of nitrogens with zero attached hydrogens (tertiary/aromatic N) is 4. The van der Waals surface area contributed by atoms with E-state index in [0.29, 0.717) is 13.0 Å². The second kappa shape index (κ2) is 7.17. The number of rotatable bonds is 4. The molecule has 0 saturated carbocycles. The van der Waals surface area contributed by atoms with Gasteiger partial charge in [-0.25, -0.2) is 0 Å². The van der Waals surface area contributed by atoms with Gasteiger partial charge in [0, 0.05) is 63.4 Å². The molecule has 3 heterocycles. The zero-order valence-corrected chi connectivity index (χ0v) is 14.0. The maximum Gasteiger partial charge on any atom is 0.246 e. The van der Waals surface area contributed by atoms with Crippen LogP contribution in [0.25, 0.3) is 6.08 Å². The molecule has 0 bridgehead atoms. The average Bonchev–Trinajstić information content (AvgIpc) is 3.27. The number of carbonyl (C=O) groups is 2. The zero-order valence-electron chi connectivity index (χ0n) is 14.0. The number of carbonyl (C=O) groups excluding carboxylic acids is 2. The van der Waals surface area contributed by atoms with Crippen molar-refractivity contribution in [2.75, 3.05) is 26.2 Å². The van der Waals surface area contributed by atoms with Crippen molar-refractivity contribution in [1.29, 1.82) is 0 Å². The molecule has 1 N–H and O–H groups in total. The minimum Gasteiger partial charge on any atom is -0.391 e. The van der Waals surface area contributed by atoms with Gasteiger partial charge in [0.15, 0.2) is 0 Å². The van der Waals surface area contributed by atoms with Crippen molar-refractivity contribution < 1.29 is 14.7 Å². The van der Waals surface area contributed by atoms with Crippen LogP contribution in [0.5, 0.6) is 0 Å². The van der Waals surface area contributed by atoms with E-state index in [2.05, 4.69) is 5.10 Å². The Morgan fingerprint density at radius 2 is 2.04 bits per heavy atom. The van der Waals surface area contributed by atoms with E-state index in [9.17, 15) is 14.7 Å². The predicted molar refractivity (Wildman–Crippen MR) is 88.7 cm³/mol. The van der Waals surface area contributed by atoms with Gasteiger partial charge in [0.05, 0.1) is 12.3 Å². The number of aliphatic hydroxyl groups excluding tert-OH is 1. The molecule has 2 aliphatic rings. The third-order valence-corrected chi connectivity index (χ3v) is 4.76. The quantitative estimate of drug-likeness (QED) is 0.803. The summed E-state index contributed by atoms with van der Waals surface area (Å²) in [6.45, 7) is 2.35. The molecule has 0 aliphatic carbocycles. The molecular formula is C17H24N4O3. The summed E-state index contributed by atoms with van der Waals surface area (Å²) in [4.78, 5) is 28.0. The summed E-state index contributed by atoms with van der Waals surface area (Å²) in [7, 11) is 1.82. The number of aliphatic hydroxyl groups is 1. The van der Waals surface area contributed by atoms with Gasteiger partial charge in [-0.15, -0.1) is 0 Å². The topological polar surface area (TPSA) is 78.7 Å². The third kappa shape index (κ3) is 3.84. The van der Waals surface area contributed by atoms with E-state index in [-0.39, 0.29) is 24.3 Å². The lowest BCUT2D eigenvalue weighted by Gasteiger charge is -2.19. The normalized spacial score (nSPS) is 24.2. The molecule has 2 fully saturated rings. The Kier molecular flexibility index (Phi) is 4.99. The number of aryl methyl sites for hydroxylation is 1. The number of aromatic nitrogens is 2. The van der Waals surface area contributed by atoms with E-state index in [4.69, 9.17) is 0 Å². The molecular weight excluding hydrogens is 308 g/mol. The highest BCUT2D eigenvalue weighted by Crippen LogP contribution is 2.23. The molecule has 1 aromatic rings. The lowest BCUT2D eigenvalue weighted by atomic mass is 10.0. The highest BCUT2D eigenvalue weighted by atomic mass is 16.3. The Labute approximate surface area is 141 Å². The molecule has 24 heavy (non-hydrogen) atoms. The zero-order chi connectivity index (χ0) is 17.1. The fourth-order valence-corrected chi connectivity index (χ4v) is 3.35. The van der Waals surface area contributed by atoms with Gasteiger partial charge >= 0.3 is 0 Å². The minimum atomic E-state index is -0.632. The molecule has 2 saturated heterocycles. The van der Waals surface area contributed by atoms with Crippen molar-refractivity contribution in [3.05, 3.63) is 24.0 Å². The highest BCUT2D eigenvalue weighted by Gasteiger charge is 2.35. The number of amides is 2. The lowest BCUT2D eigenvalue weighted by Crippen LogP contribution is -2.32. The van der Waals surface area contributed by atoms with E-state index in [1.165, 1.54) is 6.08 Å². The van der Waals surface area contributed by atoms with E-state index >= 15 is 0 Å². The minimum absolute atomic E-state index is 0.0942. The van der Waals surface area contributed by atoms with Crippen molar-refractivity contribution in [2.45, 2.75) is 25.4 Å². The van der Waals surface area contributed by atoms with Crippen molar-refractivity contribution in [2.24, 2.45) is 13.0 Å². The number of β-amino-alcohol motifs (C(OH)–C–C–N with tert-alkyl or cyclic N) is 1. The van der Waals surface area contributed by atoms with Gasteiger partial charge in [-0.05, 0) is 18.9 Å². The second-order valence-electron chi connectivity index (χ2n) is 6.64. The van der Waals surface area contributed by atoms with Gasteiger partial charge in [0.1, 0.15) is 0 Å². The molecule has 0 unspecified atom stereocenters. The summed E-state index contributed by atoms with van der Waals surface area (Å²) in [6, 6.07) is 0. The fourth-order valence-electron chi connectivity index (χ4n) is 3.35. The average molecular weight is 332 g/mol. The standard InChI is InChI=1S/C17H24N4O3/c1-19-10-13(9-18-19)4-5-16(23)21-11-14(15(22)12-21)8-17(24)20-6-2-3-7-20/h4-5,9-10,14-15,22H,2-3,6-8,11-12H2,1H3/t14-,15-/m0/s1. The maximum absolute atomic E-state index is 12.3. The van der Waals surface area contributed by atoms with Crippen LogP contribution < -0.4 is 0 Å². The number of likely N-dealkylation sites (tertiary alicyclic amines) is 2. The van der Waals surface area contributed by atoms with E-state index in [1.54, 1.807) is 21.9 Å². The molecule has 2 atom stereocenters. The smallest absolute Gasteiger partial charge is 0.246 e. The van der Waals surface area contributed by atoms with Gasteiger partial charge < -0.3 is 14.9 Å². The first-order chi connectivity index (χ1) is 11.5. The molecule has 0 aromatic carbocycles. The third-order valence-electron chi connectivity index (χ3n) is 4.76. The summed E-state index contributed by atoms with van der Waals surface area (Å²) in [5.74, 6) is -0.223. The van der Waals surface area contributed by atoms with Crippen LogP contribution in [0.4, 0.5) is 0 Å². The molecule has 0 spiro atoms. The van der Waals surface area contributed by atoms with Gasteiger partial charge in [0.25, 0.3) is 0 Å². The summed E-state index contributed by atoms with van der Waals surface area (Å²) >= 11 is 0. The van der Waals surface area contributed by atoms with E-state index in [1.807, 2.05) is 18.1 Å². The van der Waals surface area contributed by atoms with Gasteiger partial charge in [0.2, 0.25) is 11.8 Å². The van der Waals surface area contributed by atoms with E-state index in [0.717, 1.165) is 31.5 Å². The number of hydrogen-bond acceptors (Lipinski definition) is 4. The van der Waals surface area contributed by atoms with Crippen molar-refractivity contribution in [3.63, 3.8) is 0 Å². The van der Waals surface area contributed by atoms with Crippen LogP contribution in [0.2, 0.25) is 0 Å². The molecule has 7 nitrogen and oxygen atoms in total. The van der Waals surface area contributed by atoms with E-state index < -0.39 is 6.10 Å². The highest BCUT2D eigenvalue weighted by molar-refractivity contribution is 5.92. The molecule has 0 radical (unpaired) electrons. The summed E-state index contributed by atoms with van der Waals surface area (Å²) < 4.78 is 1.67. The molecule has 3 rings (SSSR count). The van der Waals surface area contributed by atoms with Gasteiger partial charge in [-0.1, -0.05) is 0 Å². The monoisotopic (exact) mass is 332 g/mol. The van der Waals surface area contributed by atoms with Crippen molar-refractivity contribution in [1.82, 2.24) is 19.6 Å². The Hall–Kier alpha value is -2.15.